The first kappa shape index (κ1) is 26.4. The molecule has 0 spiro atoms. The molecular weight excluding hydrogens is 462 g/mol. The Balaban J connectivity index is 1.78. The second-order valence-corrected chi connectivity index (χ2v) is 10.9. The Labute approximate surface area is 219 Å². The van der Waals surface area contributed by atoms with E-state index >= 15 is 0 Å². The van der Waals surface area contributed by atoms with Crippen molar-refractivity contribution < 1.29 is 14.6 Å². The lowest BCUT2D eigenvalue weighted by atomic mass is 9.80. The highest BCUT2D eigenvalue weighted by Crippen LogP contribution is 2.37. The predicted molar refractivity (Wildman–Crippen MR) is 150 cm³/mol. The zero-order valence-corrected chi connectivity index (χ0v) is 22.3. The summed E-state index contributed by atoms with van der Waals surface area (Å²) < 4.78 is 6.12. The van der Waals surface area contributed by atoms with Crippen LogP contribution in [0.15, 0.2) is 83.9 Å². The number of aliphatic hydroxyl groups excluding tert-OH is 1. The summed E-state index contributed by atoms with van der Waals surface area (Å²) in [6.45, 7) is 10.2. The van der Waals surface area contributed by atoms with Crippen LogP contribution in [0.4, 0.5) is 11.4 Å². The van der Waals surface area contributed by atoms with E-state index in [1.165, 1.54) is 0 Å². The van der Waals surface area contributed by atoms with Crippen LogP contribution in [-0.2, 0) is 15.1 Å². The number of hydrogen-bond acceptors (Lipinski definition) is 5. The maximum atomic E-state index is 12.7. The maximum Gasteiger partial charge on any atom is 0.229 e. The van der Waals surface area contributed by atoms with Crippen LogP contribution in [0.2, 0.25) is 0 Å². The molecule has 0 saturated heterocycles. The number of aliphatic hydroxyl groups is 1. The van der Waals surface area contributed by atoms with Crippen molar-refractivity contribution >= 4 is 23.2 Å². The normalized spacial score (nSPS) is 17.1. The fraction of sp³-hybridized carbons (Fsp3) is 0.355. The van der Waals surface area contributed by atoms with E-state index in [0.717, 1.165) is 22.4 Å². The van der Waals surface area contributed by atoms with Gasteiger partial charge in [0.05, 0.1) is 17.7 Å². The van der Waals surface area contributed by atoms with Gasteiger partial charge in [0.25, 0.3) is 0 Å². The number of nitrogens with one attached hydrogen (secondary N) is 2. The summed E-state index contributed by atoms with van der Waals surface area (Å²) in [4.78, 5) is 17.6. The molecule has 3 aromatic carbocycles. The Morgan fingerprint density at radius 3 is 2.27 bits per heavy atom. The van der Waals surface area contributed by atoms with Crippen molar-refractivity contribution in [2.75, 3.05) is 23.8 Å². The molecule has 0 saturated carbocycles. The van der Waals surface area contributed by atoms with Gasteiger partial charge in [-0.2, -0.15) is 0 Å². The standard InChI is InChI=1S/C31H37N3O3/c1-21(2)31(20-35,23-14-10-7-11-15-23)34-26-17-16-24(32-29(36)30(3,4)5)18-25(26)28-33-27(19-37-28)22-12-8-6-9-13-22/h6-18,21,27,34-35H,19-20H2,1-5H3,(H,32,36)/t27-,31-/m0/s1. The third-order valence-electron chi connectivity index (χ3n) is 6.91. The maximum absolute atomic E-state index is 12.7. The van der Waals surface area contributed by atoms with E-state index in [1.54, 1.807) is 0 Å². The van der Waals surface area contributed by atoms with Crippen LogP contribution in [0, 0.1) is 11.3 Å². The summed E-state index contributed by atoms with van der Waals surface area (Å²) in [7, 11) is 0. The Hall–Kier alpha value is -3.64. The van der Waals surface area contributed by atoms with Crippen LogP contribution in [0.1, 0.15) is 57.4 Å². The Morgan fingerprint density at radius 1 is 1.03 bits per heavy atom. The van der Waals surface area contributed by atoms with Gasteiger partial charge in [-0.1, -0.05) is 95.3 Å². The van der Waals surface area contributed by atoms with Crippen LogP contribution in [-0.4, -0.2) is 30.1 Å². The molecule has 1 amide bonds. The van der Waals surface area contributed by atoms with Crippen LogP contribution < -0.4 is 10.6 Å². The minimum Gasteiger partial charge on any atom is -0.475 e. The number of ether oxygens (including phenoxy) is 1. The molecule has 3 N–H and O–H groups in total. The van der Waals surface area contributed by atoms with Crippen molar-refractivity contribution in [3.63, 3.8) is 0 Å². The molecule has 3 aromatic rings. The van der Waals surface area contributed by atoms with Crippen molar-refractivity contribution in [2.24, 2.45) is 16.3 Å². The predicted octanol–water partition coefficient (Wildman–Crippen LogP) is 6.15. The molecule has 4 rings (SSSR count). The third-order valence-corrected chi connectivity index (χ3v) is 6.91. The first-order valence-electron chi connectivity index (χ1n) is 12.8. The highest BCUT2D eigenvalue weighted by molar-refractivity contribution is 6.03. The SMILES string of the molecule is CC(C)[C@](CO)(Nc1ccc(NC(=O)C(C)(C)C)cc1C1=N[C@H](c2ccccc2)CO1)c1ccccc1. The Morgan fingerprint density at radius 2 is 1.68 bits per heavy atom. The number of nitrogens with zero attached hydrogens (tertiary/aromatic N) is 1. The molecule has 0 radical (unpaired) electrons. The molecule has 0 aromatic heterocycles. The second kappa shape index (κ2) is 10.8. The highest BCUT2D eigenvalue weighted by Gasteiger charge is 2.36. The van der Waals surface area contributed by atoms with E-state index in [-0.39, 0.29) is 24.5 Å². The fourth-order valence-corrected chi connectivity index (χ4v) is 4.43. The number of hydrogen-bond donors (Lipinski definition) is 3. The molecule has 0 aliphatic carbocycles. The van der Waals surface area contributed by atoms with Gasteiger partial charge in [-0.15, -0.1) is 0 Å². The van der Waals surface area contributed by atoms with E-state index in [4.69, 9.17) is 9.73 Å². The molecule has 1 aliphatic rings. The van der Waals surface area contributed by atoms with Gasteiger partial charge in [-0.25, -0.2) is 4.99 Å². The van der Waals surface area contributed by atoms with Crippen molar-refractivity contribution in [1.82, 2.24) is 0 Å². The first-order chi connectivity index (χ1) is 17.6. The molecule has 2 atom stereocenters. The van der Waals surface area contributed by atoms with E-state index in [2.05, 4.69) is 24.5 Å². The van der Waals surface area contributed by atoms with Gasteiger partial charge in [0.2, 0.25) is 11.8 Å². The van der Waals surface area contributed by atoms with Gasteiger partial charge in [0.1, 0.15) is 12.6 Å². The number of anilines is 2. The summed E-state index contributed by atoms with van der Waals surface area (Å²) in [5, 5.41) is 17.4. The van der Waals surface area contributed by atoms with Gasteiger partial charge < -0.3 is 20.5 Å². The molecule has 37 heavy (non-hydrogen) atoms. The molecule has 6 nitrogen and oxygen atoms in total. The number of benzene rings is 3. The second-order valence-electron chi connectivity index (χ2n) is 10.9. The quantitative estimate of drug-likeness (QED) is 0.347. The Bertz CT molecular complexity index is 1250. The van der Waals surface area contributed by atoms with Crippen LogP contribution in [0.25, 0.3) is 0 Å². The lowest BCUT2D eigenvalue weighted by molar-refractivity contribution is -0.123. The fourth-order valence-electron chi connectivity index (χ4n) is 4.43. The van der Waals surface area contributed by atoms with Crippen molar-refractivity contribution in [1.29, 1.82) is 0 Å². The topological polar surface area (TPSA) is 83.0 Å². The molecule has 0 bridgehead atoms. The monoisotopic (exact) mass is 499 g/mol. The molecule has 0 fully saturated rings. The van der Waals surface area contributed by atoms with Gasteiger partial charge in [0, 0.05) is 16.8 Å². The van der Waals surface area contributed by atoms with Gasteiger partial charge in [0.15, 0.2) is 0 Å². The number of aliphatic imine (C=N–C) groups is 1. The van der Waals surface area contributed by atoms with Gasteiger partial charge >= 0.3 is 0 Å². The molecular formula is C31H37N3O3. The average molecular weight is 500 g/mol. The number of carbonyl (C=O) groups is 1. The lowest BCUT2D eigenvalue weighted by Gasteiger charge is -2.39. The summed E-state index contributed by atoms with van der Waals surface area (Å²) in [5.74, 6) is 0.496. The van der Waals surface area contributed by atoms with Crippen LogP contribution in [0.5, 0.6) is 0 Å². The van der Waals surface area contributed by atoms with E-state index < -0.39 is 11.0 Å². The summed E-state index contributed by atoms with van der Waals surface area (Å²) >= 11 is 0. The third kappa shape index (κ3) is 5.70. The molecule has 1 aliphatic heterocycles. The average Bonchev–Trinajstić information content (AvgIpc) is 3.38. The van der Waals surface area contributed by atoms with E-state index in [0.29, 0.717) is 18.2 Å². The van der Waals surface area contributed by atoms with Crippen LogP contribution in [0.3, 0.4) is 0 Å². The van der Waals surface area contributed by atoms with Crippen molar-refractivity contribution in [3.8, 4) is 0 Å². The van der Waals surface area contributed by atoms with Crippen LogP contribution >= 0.6 is 0 Å². The van der Waals surface area contributed by atoms with Gasteiger partial charge in [-0.3, -0.25) is 4.79 Å². The minimum absolute atomic E-state index is 0.0662. The number of amides is 1. The largest absolute Gasteiger partial charge is 0.475 e. The molecule has 6 heteroatoms. The smallest absolute Gasteiger partial charge is 0.229 e. The van der Waals surface area contributed by atoms with Crippen molar-refractivity contribution in [2.45, 2.75) is 46.2 Å². The highest BCUT2D eigenvalue weighted by atomic mass is 16.5. The molecule has 1 heterocycles. The summed E-state index contributed by atoms with van der Waals surface area (Å²) in [5.41, 5.74) is 2.97. The lowest BCUT2D eigenvalue weighted by Crippen LogP contribution is -2.44. The minimum atomic E-state index is -0.732. The first-order valence-corrected chi connectivity index (χ1v) is 12.8. The van der Waals surface area contributed by atoms with Gasteiger partial charge in [-0.05, 0) is 35.2 Å². The Kier molecular flexibility index (Phi) is 7.69. The number of rotatable bonds is 8. The molecule has 194 valence electrons. The van der Waals surface area contributed by atoms with E-state index in [9.17, 15) is 9.90 Å². The van der Waals surface area contributed by atoms with Crippen molar-refractivity contribution in [3.05, 3.63) is 95.6 Å². The summed E-state index contributed by atoms with van der Waals surface area (Å²) in [6.07, 6.45) is 0. The zero-order valence-electron chi connectivity index (χ0n) is 22.3. The zero-order chi connectivity index (χ0) is 26.6. The van der Waals surface area contributed by atoms with E-state index in [1.807, 2.05) is 99.6 Å². The number of carbonyl (C=O) groups excluding carboxylic acids is 1. The summed E-state index contributed by atoms with van der Waals surface area (Å²) in [6, 6.07) is 25.6. The molecule has 0 unspecified atom stereocenters.